The number of piperazine rings is 1. The number of fused-ring (bicyclic) bond motifs is 1. The van der Waals surface area contributed by atoms with Crippen molar-refractivity contribution in [1.29, 1.82) is 0 Å². The first-order chi connectivity index (χ1) is 13.2. The molecular formula is C21H21ClN2O3. The lowest BCUT2D eigenvalue weighted by Gasteiger charge is -2.34. The van der Waals surface area contributed by atoms with Crippen molar-refractivity contribution in [2.24, 2.45) is 0 Å². The SMILES string of the molecule is O=C(C=Cc1cccc(Cl)c1)N1CCN(Cc2ccc3c(c2)OCO3)CC1. The van der Waals surface area contributed by atoms with Crippen LogP contribution in [-0.4, -0.2) is 48.7 Å². The molecule has 0 atom stereocenters. The molecule has 0 saturated carbocycles. The number of amides is 1. The summed E-state index contributed by atoms with van der Waals surface area (Å²) in [6, 6.07) is 13.5. The number of ether oxygens (including phenoxy) is 2. The van der Waals surface area contributed by atoms with Gasteiger partial charge in [0, 0.05) is 43.8 Å². The molecule has 0 bridgehead atoms. The Morgan fingerprint density at radius 3 is 2.67 bits per heavy atom. The van der Waals surface area contributed by atoms with Gasteiger partial charge in [-0.15, -0.1) is 0 Å². The first-order valence-corrected chi connectivity index (χ1v) is 9.39. The van der Waals surface area contributed by atoms with E-state index in [2.05, 4.69) is 11.0 Å². The van der Waals surface area contributed by atoms with Crippen LogP contribution in [0.25, 0.3) is 6.08 Å². The van der Waals surface area contributed by atoms with E-state index in [-0.39, 0.29) is 5.91 Å². The van der Waals surface area contributed by atoms with Crippen molar-refractivity contribution in [2.45, 2.75) is 6.54 Å². The summed E-state index contributed by atoms with van der Waals surface area (Å²) in [5, 5.41) is 0.668. The monoisotopic (exact) mass is 384 g/mol. The van der Waals surface area contributed by atoms with Crippen molar-refractivity contribution < 1.29 is 14.3 Å². The topological polar surface area (TPSA) is 42.0 Å². The van der Waals surface area contributed by atoms with Crippen LogP contribution in [-0.2, 0) is 11.3 Å². The molecule has 27 heavy (non-hydrogen) atoms. The van der Waals surface area contributed by atoms with Gasteiger partial charge in [-0.3, -0.25) is 9.69 Å². The molecular weight excluding hydrogens is 364 g/mol. The maximum absolute atomic E-state index is 12.4. The van der Waals surface area contributed by atoms with Crippen molar-refractivity contribution in [3.8, 4) is 11.5 Å². The molecule has 0 aromatic heterocycles. The molecule has 2 aromatic carbocycles. The predicted octanol–water partition coefficient (Wildman–Crippen LogP) is 3.43. The van der Waals surface area contributed by atoms with Gasteiger partial charge in [-0.2, -0.15) is 0 Å². The minimum Gasteiger partial charge on any atom is -0.454 e. The van der Waals surface area contributed by atoms with Crippen LogP contribution in [0.15, 0.2) is 48.5 Å². The van der Waals surface area contributed by atoms with Crippen molar-refractivity contribution in [3.63, 3.8) is 0 Å². The molecule has 0 unspecified atom stereocenters. The maximum Gasteiger partial charge on any atom is 0.246 e. The zero-order chi connectivity index (χ0) is 18.6. The van der Waals surface area contributed by atoms with E-state index in [1.54, 1.807) is 6.08 Å². The molecule has 0 radical (unpaired) electrons. The molecule has 5 nitrogen and oxygen atoms in total. The van der Waals surface area contributed by atoms with Crippen molar-refractivity contribution in [2.75, 3.05) is 33.0 Å². The number of halogens is 1. The Morgan fingerprint density at radius 2 is 1.85 bits per heavy atom. The molecule has 0 N–H and O–H groups in total. The fraction of sp³-hybridized carbons (Fsp3) is 0.286. The fourth-order valence-electron chi connectivity index (χ4n) is 3.31. The number of carbonyl (C=O) groups excluding carboxylic acids is 1. The lowest BCUT2D eigenvalue weighted by Crippen LogP contribution is -2.47. The number of nitrogens with zero attached hydrogens (tertiary/aromatic N) is 2. The van der Waals surface area contributed by atoms with Crippen LogP contribution in [0.5, 0.6) is 11.5 Å². The smallest absolute Gasteiger partial charge is 0.246 e. The second-order valence-electron chi connectivity index (χ2n) is 6.68. The van der Waals surface area contributed by atoms with E-state index in [9.17, 15) is 4.79 Å². The lowest BCUT2D eigenvalue weighted by molar-refractivity contribution is -0.127. The Bertz CT molecular complexity index is 860. The van der Waals surface area contributed by atoms with Crippen LogP contribution in [0.3, 0.4) is 0 Å². The largest absolute Gasteiger partial charge is 0.454 e. The minimum atomic E-state index is 0.0395. The molecule has 0 spiro atoms. The van der Waals surface area contributed by atoms with Gasteiger partial charge >= 0.3 is 0 Å². The summed E-state index contributed by atoms with van der Waals surface area (Å²) < 4.78 is 10.8. The van der Waals surface area contributed by atoms with Crippen molar-refractivity contribution >= 4 is 23.6 Å². The Balaban J connectivity index is 1.29. The van der Waals surface area contributed by atoms with Gasteiger partial charge in [0.05, 0.1) is 0 Å². The van der Waals surface area contributed by atoms with Crippen LogP contribution in [0.4, 0.5) is 0 Å². The van der Waals surface area contributed by atoms with Gasteiger partial charge in [0.15, 0.2) is 11.5 Å². The third-order valence-corrected chi connectivity index (χ3v) is 5.03. The maximum atomic E-state index is 12.4. The summed E-state index contributed by atoms with van der Waals surface area (Å²) >= 11 is 5.97. The molecule has 2 aliphatic heterocycles. The normalized spacial score (nSPS) is 16.9. The highest BCUT2D eigenvalue weighted by Crippen LogP contribution is 2.32. The predicted molar refractivity (Wildman–Crippen MR) is 105 cm³/mol. The first-order valence-electron chi connectivity index (χ1n) is 9.01. The van der Waals surface area contributed by atoms with Gasteiger partial charge in [0.25, 0.3) is 0 Å². The number of hydrogen-bond acceptors (Lipinski definition) is 4. The summed E-state index contributed by atoms with van der Waals surface area (Å²) in [5.74, 6) is 1.66. The molecule has 2 aliphatic rings. The molecule has 0 aliphatic carbocycles. The Labute approximate surface area is 163 Å². The fourth-order valence-corrected chi connectivity index (χ4v) is 3.51. The minimum absolute atomic E-state index is 0.0395. The van der Waals surface area contributed by atoms with E-state index in [0.29, 0.717) is 11.8 Å². The van der Waals surface area contributed by atoms with E-state index in [4.69, 9.17) is 21.1 Å². The lowest BCUT2D eigenvalue weighted by atomic mass is 10.1. The Kier molecular flexibility index (Phi) is 5.32. The van der Waals surface area contributed by atoms with E-state index >= 15 is 0 Å². The molecule has 4 rings (SSSR count). The summed E-state index contributed by atoms with van der Waals surface area (Å²) in [4.78, 5) is 16.6. The molecule has 6 heteroatoms. The number of rotatable bonds is 4. The highest BCUT2D eigenvalue weighted by Gasteiger charge is 2.20. The zero-order valence-electron chi connectivity index (χ0n) is 14.9. The van der Waals surface area contributed by atoms with Gasteiger partial charge in [0.1, 0.15) is 0 Å². The quantitative estimate of drug-likeness (QED) is 0.757. The standard InChI is InChI=1S/C21H21ClN2O3/c22-18-3-1-2-16(12-18)5-7-21(25)24-10-8-23(9-11-24)14-17-4-6-19-20(13-17)27-15-26-19/h1-7,12-13H,8-11,14-15H2. The second kappa shape index (κ2) is 8.03. The highest BCUT2D eigenvalue weighted by molar-refractivity contribution is 6.30. The molecule has 2 heterocycles. The van der Waals surface area contributed by atoms with E-state index in [1.165, 1.54) is 5.56 Å². The van der Waals surface area contributed by atoms with Crippen LogP contribution in [0, 0.1) is 0 Å². The van der Waals surface area contributed by atoms with E-state index in [1.807, 2.05) is 47.4 Å². The molecule has 2 aromatic rings. The molecule has 1 saturated heterocycles. The Morgan fingerprint density at radius 1 is 1.04 bits per heavy atom. The molecule has 1 amide bonds. The number of carbonyl (C=O) groups is 1. The summed E-state index contributed by atoms with van der Waals surface area (Å²) in [7, 11) is 0. The number of benzene rings is 2. The van der Waals surface area contributed by atoms with E-state index < -0.39 is 0 Å². The van der Waals surface area contributed by atoms with Gasteiger partial charge in [0.2, 0.25) is 12.7 Å². The van der Waals surface area contributed by atoms with Gasteiger partial charge in [-0.25, -0.2) is 0 Å². The molecule has 1 fully saturated rings. The van der Waals surface area contributed by atoms with Crippen LogP contribution in [0.1, 0.15) is 11.1 Å². The second-order valence-corrected chi connectivity index (χ2v) is 7.11. The van der Waals surface area contributed by atoms with E-state index in [0.717, 1.165) is 49.8 Å². The summed E-state index contributed by atoms with van der Waals surface area (Å²) in [5.41, 5.74) is 2.12. The first kappa shape index (κ1) is 17.9. The average molecular weight is 385 g/mol. The zero-order valence-corrected chi connectivity index (χ0v) is 15.7. The average Bonchev–Trinajstić information content (AvgIpc) is 3.15. The molecule has 140 valence electrons. The highest BCUT2D eigenvalue weighted by atomic mass is 35.5. The third-order valence-electron chi connectivity index (χ3n) is 4.79. The van der Waals surface area contributed by atoms with Crippen molar-refractivity contribution in [1.82, 2.24) is 9.80 Å². The summed E-state index contributed by atoms with van der Waals surface area (Å²) in [6.07, 6.45) is 3.44. The number of hydrogen-bond donors (Lipinski definition) is 0. The van der Waals surface area contributed by atoms with Crippen LogP contribution >= 0.6 is 11.6 Å². The van der Waals surface area contributed by atoms with Crippen LogP contribution in [0.2, 0.25) is 5.02 Å². The summed E-state index contributed by atoms with van der Waals surface area (Å²) in [6.45, 7) is 4.29. The van der Waals surface area contributed by atoms with Gasteiger partial charge in [-0.1, -0.05) is 29.8 Å². The third kappa shape index (κ3) is 4.43. The van der Waals surface area contributed by atoms with Crippen LogP contribution < -0.4 is 9.47 Å². The van der Waals surface area contributed by atoms with Crippen molar-refractivity contribution in [3.05, 3.63) is 64.7 Å². The Hall–Kier alpha value is -2.50. The van der Waals surface area contributed by atoms with Gasteiger partial charge < -0.3 is 14.4 Å². The van der Waals surface area contributed by atoms with Gasteiger partial charge in [-0.05, 0) is 41.5 Å².